The predicted octanol–water partition coefficient (Wildman–Crippen LogP) is 12.4. The number of amides is 6. The van der Waals surface area contributed by atoms with Gasteiger partial charge >= 0.3 is 18.1 Å². The van der Waals surface area contributed by atoms with Gasteiger partial charge in [-0.2, -0.15) is 0 Å². The number of azide groups is 1. The molecule has 39 heteroatoms. The van der Waals surface area contributed by atoms with Gasteiger partial charge in [0.05, 0.1) is 30.0 Å². The van der Waals surface area contributed by atoms with Crippen molar-refractivity contribution in [3.05, 3.63) is 116 Å². The molecule has 0 aliphatic rings. The van der Waals surface area contributed by atoms with Crippen LogP contribution in [0.25, 0.3) is 20.7 Å². The van der Waals surface area contributed by atoms with E-state index in [-0.39, 0.29) is 69.5 Å². The first-order valence-corrected chi connectivity index (χ1v) is 45.2. The number of nitrogens with one attached hydrogen (secondary N) is 5. The number of halogens is 1. The summed E-state index contributed by atoms with van der Waals surface area (Å²) in [4.78, 5) is 92.4. The van der Waals surface area contributed by atoms with Crippen LogP contribution in [-0.2, 0) is 89.0 Å². The van der Waals surface area contributed by atoms with E-state index in [1.54, 1.807) is 56.1 Å². The average Bonchev–Trinajstić information content (AvgIpc) is 1.71. The third kappa shape index (κ3) is 47.3. The summed E-state index contributed by atoms with van der Waals surface area (Å²) in [6, 6.07) is 17.6. The lowest BCUT2D eigenvalue weighted by atomic mass is 10.0. The van der Waals surface area contributed by atoms with Crippen molar-refractivity contribution in [2.24, 2.45) is 16.8 Å². The number of carboxylic acids is 1. The summed E-state index contributed by atoms with van der Waals surface area (Å²) in [5, 5.41) is 37.4. The van der Waals surface area contributed by atoms with Crippen LogP contribution in [0.2, 0.25) is 0 Å². The van der Waals surface area contributed by atoms with E-state index in [0.29, 0.717) is 221 Å². The Morgan fingerprint density at radius 2 is 1.13 bits per heavy atom. The number of carboxylic acid groups (broad SMARTS) is 1. The normalized spacial score (nSPS) is 11.7. The van der Waals surface area contributed by atoms with Crippen molar-refractivity contribution in [2.45, 2.75) is 149 Å². The Morgan fingerprint density at radius 3 is 1.61 bits per heavy atom. The highest BCUT2D eigenvalue weighted by Crippen LogP contribution is 2.34. The lowest BCUT2D eigenvalue weighted by Gasteiger charge is -2.25. The molecule has 0 radical (unpaired) electrons. The van der Waals surface area contributed by atoms with Gasteiger partial charge < -0.3 is 114 Å². The first kappa shape index (κ1) is 106. The van der Waals surface area contributed by atoms with Crippen LogP contribution < -0.4 is 42.0 Å². The number of urea groups is 1. The van der Waals surface area contributed by atoms with Crippen molar-refractivity contribution >= 4 is 96.3 Å². The topological polar surface area (TPSA) is 445 Å². The maximum atomic E-state index is 15.3. The number of carbonyl (C=O) groups excluding carboxylic acids is 5. The highest BCUT2D eigenvalue weighted by molar-refractivity contribution is 7.22. The molecule has 6 rings (SSSR count). The monoisotopic (exact) mass is 1820 g/mol. The third-order valence-electron chi connectivity index (χ3n) is 18.5. The van der Waals surface area contributed by atoms with Crippen LogP contribution in [0.1, 0.15) is 149 Å². The molecule has 6 amide bonds. The second kappa shape index (κ2) is 66.7. The van der Waals surface area contributed by atoms with Gasteiger partial charge in [0.1, 0.15) is 18.7 Å². The maximum Gasteiger partial charge on any atom is 0.410 e. The van der Waals surface area contributed by atoms with Gasteiger partial charge in [0.25, 0.3) is 0 Å². The standard InChI is InChI=1S/C88H130FN15O21S2/c1-66(2)79(97-78(105)34-62-123-60-22-59-122-58-21-57-121-56-20-55-120-54-19-53-119-52-18-51-118-50-17-49-117-48-16-47-116-46-15-45-115-44-14-43-114-42-13-41-113-40-12-39-112-38-11-36-93-102-91)83(107)95-73(25-8-35-92-85(90)110)82(106)94-70-31-28-69(29-32-70)65-125-88(111)103(4)37-9-23-68-30-33-74(71(89)64-68)124-61-10-27-76-80(84(108)109)98-87(127-76)104(5)77-63-67(3)81(101-100-77)99-86-96-72-24-6-7-26-75(72)126-86/h6-7,24,26,28-33,63-64,66,73,79H,8,10-22,25,27,34-62,65H2,1-5H3,(H,94,106)(H,95,107)(H,97,105)(H,108,109)(H3,90,92,110)(H,96,99,101)/t73-,79-/m0/s1. The number of anilines is 5. The molecule has 127 heavy (non-hydrogen) atoms. The zero-order valence-corrected chi connectivity index (χ0v) is 75.7. The number of hydrogen-bond donors (Lipinski definition) is 7. The Kier molecular flexibility index (Phi) is 55.8. The molecule has 702 valence electrons. The largest absolute Gasteiger partial charge is 0.491 e. The molecule has 0 aliphatic heterocycles. The number of aromatic carboxylic acids is 1. The first-order chi connectivity index (χ1) is 61.9. The van der Waals surface area contributed by atoms with Crippen LogP contribution in [0, 0.1) is 30.5 Å². The fourth-order valence-electron chi connectivity index (χ4n) is 11.7. The molecule has 2 atom stereocenters. The SMILES string of the molecule is Cc1cc(N(C)c2nc(C(=O)O)c(CCCOc3ccc(C#CCN(C)C(=O)OCc4ccc(NC(=O)[C@H](CCCNC(N)=O)NC(=O)[C@@H](NC(=O)CCOCCCOCCCOCCCOCCCOCCCOCCCOCCCOCCCOCCCOCCCOCCCOCCCN=[N+]=[N-])C(C)C)cc4)cc3F)s2)nnc1Nc1nc2ccccc2s1. The number of primary amides is 1. The number of hydrogen-bond acceptors (Lipinski definition) is 29. The van der Waals surface area contributed by atoms with Crippen LogP contribution in [0.5, 0.6) is 5.75 Å². The number of para-hydroxylation sites is 1. The zero-order valence-electron chi connectivity index (χ0n) is 74.1. The molecule has 3 aromatic carbocycles. The highest BCUT2D eigenvalue weighted by atomic mass is 32.1. The van der Waals surface area contributed by atoms with Crippen LogP contribution >= 0.6 is 22.7 Å². The Hall–Kier alpha value is -9.60. The number of nitrogens with zero attached hydrogens (tertiary/aromatic N) is 9. The summed E-state index contributed by atoms with van der Waals surface area (Å²) in [6.45, 7) is 20.4. The minimum atomic E-state index is -1.18. The van der Waals surface area contributed by atoms with E-state index < -0.39 is 53.7 Å². The Balaban J connectivity index is 0.711. The molecule has 36 nitrogen and oxygen atoms in total. The van der Waals surface area contributed by atoms with Gasteiger partial charge in [0.2, 0.25) is 17.7 Å². The molecular weight excluding hydrogens is 1690 g/mol. The maximum absolute atomic E-state index is 15.3. The van der Waals surface area contributed by atoms with Crippen molar-refractivity contribution in [3.8, 4) is 17.6 Å². The summed E-state index contributed by atoms with van der Waals surface area (Å²) in [5.74, 6) is 2.93. The smallest absolute Gasteiger partial charge is 0.410 e. The summed E-state index contributed by atoms with van der Waals surface area (Å²) in [5.41, 5.74) is 16.4. The molecule has 0 fully saturated rings. The van der Waals surface area contributed by atoms with Gasteiger partial charge in [0, 0.05) is 207 Å². The number of thiazole rings is 2. The lowest BCUT2D eigenvalue weighted by Crippen LogP contribution is -2.54. The Bertz CT molecular complexity index is 4180. The summed E-state index contributed by atoms with van der Waals surface area (Å²) in [7, 11) is 3.22. The average molecular weight is 1820 g/mol. The number of benzene rings is 3. The van der Waals surface area contributed by atoms with Gasteiger partial charge in [-0.1, -0.05) is 66.4 Å². The molecule has 0 spiro atoms. The van der Waals surface area contributed by atoms with Gasteiger partial charge in [-0.25, -0.2) is 28.7 Å². The van der Waals surface area contributed by atoms with Gasteiger partial charge in [0.15, 0.2) is 39.2 Å². The van der Waals surface area contributed by atoms with Crippen molar-refractivity contribution < 1.29 is 105 Å². The van der Waals surface area contributed by atoms with E-state index in [1.165, 1.54) is 46.8 Å². The molecule has 8 N–H and O–H groups in total. The van der Waals surface area contributed by atoms with Crippen LogP contribution in [0.15, 0.2) is 77.9 Å². The third-order valence-corrected chi connectivity index (χ3v) is 20.6. The summed E-state index contributed by atoms with van der Waals surface area (Å²) in [6.07, 6.45) is 10.0. The highest BCUT2D eigenvalue weighted by Gasteiger charge is 2.30. The quantitative estimate of drug-likeness (QED) is 0.00613. The van der Waals surface area contributed by atoms with E-state index in [2.05, 4.69) is 68.6 Å². The second-order valence-electron chi connectivity index (χ2n) is 29.6. The van der Waals surface area contributed by atoms with E-state index in [0.717, 1.165) is 86.4 Å². The Labute approximate surface area is 751 Å². The van der Waals surface area contributed by atoms with Crippen LogP contribution in [0.3, 0.4) is 0 Å². The van der Waals surface area contributed by atoms with Crippen LogP contribution in [-0.4, -0.2) is 277 Å². The number of carbonyl (C=O) groups is 6. The van der Waals surface area contributed by atoms with Gasteiger partial charge in [-0.05, 0) is 181 Å². The predicted molar refractivity (Wildman–Crippen MR) is 481 cm³/mol. The number of aromatic nitrogens is 4. The molecular formula is C88H130FN15O21S2. The van der Waals surface area contributed by atoms with E-state index >= 15 is 4.39 Å². The summed E-state index contributed by atoms with van der Waals surface area (Å²) < 4.78 is 95.5. The van der Waals surface area contributed by atoms with Gasteiger partial charge in [-0.15, -0.1) is 21.5 Å². The molecule has 0 bridgehead atoms. The van der Waals surface area contributed by atoms with Gasteiger partial charge in [-0.3, -0.25) is 14.4 Å². The summed E-state index contributed by atoms with van der Waals surface area (Å²) >= 11 is 2.70. The minimum Gasteiger partial charge on any atom is -0.491 e. The number of nitrogens with two attached hydrogens (primary N) is 1. The lowest BCUT2D eigenvalue weighted by molar-refractivity contribution is -0.132. The number of ether oxygens (including phenoxy) is 14. The van der Waals surface area contributed by atoms with Crippen molar-refractivity contribution in [2.75, 3.05) is 214 Å². The van der Waals surface area contributed by atoms with E-state index in [1.807, 2.05) is 37.3 Å². The number of aryl methyl sites for hydroxylation is 2. The molecule has 0 unspecified atom stereocenters. The number of fused-ring (bicyclic) bond motifs is 1. The fraction of sp³-hybridized carbons (Fsp3) is 0.614. The number of rotatable bonds is 74. The van der Waals surface area contributed by atoms with Crippen molar-refractivity contribution in [1.29, 1.82) is 0 Å². The van der Waals surface area contributed by atoms with E-state index in [4.69, 9.17) is 77.6 Å². The molecule has 6 aromatic rings. The van der Waals surface area contributed by atoms with Crippen LogP contribution in [0.4, 0.5) is 41.6 Å². The zero-order chi connectivity index (χ0) is 91.0. The van der Waals surface area contributed by atoms with Crippen molar-refractivity contribution in [1.82, 2.24) is 41.0 Å². The fourth-order valence-corrected chi connectivity index (χ4v) is 13.6. The Morgan fingerprint density at radius 1 is 0.606 bits per heavy atom. The second-order valence-corrected chi connectivity index (χ2v) is 31.6. The molecule has 3 heterocycles. The van der Waals surface area contributed by atoms with E-state index in [9.17, 15) is 33.9 Å². The molecule has 0 aliphatic carbocycles. The molecule has 0 saturated heterocycles. The van der Waals surface area contributed by atoms with Crippen molar-refractivity contribution in [3.63, 3.8) is 0 Å². The molecule has 0 saturated carbocycles. The minimum absolute atomic E-state index is 0.00229. The first-order valence-electron chi connectivity index (χ1n) is 43.6. The molecule has 3 aromatic heterocycles.